The molecule has 2 aromatic carbocycles. The van der Waals surface area contributed by atoms with Crippen LogP contribution in [0, 0.1) is 10.1 Å². The van der Waals surface area contributed by atoms with Crippen molar-refractivity contribution in [2.24, 2.45) is 0 Å². The zero-order valence-electron chi connectivity index (χ0n) is 15.6. The predicted octanol–water partition coefficient (Wildman–Crippen LogP) is 4.63. The summed E-state index contributed by atoms with van der Waals surface area (Å²) in [4.78, 5) is 26.5. The quantitative estimate of drug-likeness (QED) is 0.396. The van der Waals surface area contributed by atoms with E-state index in [4.69, 9.17) is 11.6 Å². The zero-order chi connectivity index (χ0) is 21.9. The third-order valence-corrected chi connectivity index (χ3v) is 5.05. The van der Waals surface area contributed by atoms with Crippen molar-refractivity contribution < 1.29 is 22.9 Å². The van der Waals surface area contributed by atoms with E-state index < -0.39 is 21.7 Å². The van der Waals surface area contributed by atoms with Gasteiger partial charge in [0.15, 0.2) is 0 Å². The van der Waals surface area contributed by atoms with Gasteiger partial charge in [0.05, 0.1) is 15.5 Å². The van der Waals surface area contributed by atoms with Gasteiger partial charge in [0.2, 0.25) is 5.91 Å². The highest BCUT2D eigenvalue weighted by atomic mass is 35.5. The number of rotatable bonds is 4. The van der Waals surface area contributed by atoms with Crippen molar-refractivity contribution in [3.63, 3.8) is 0 Å². The molecular formula is C20H17ClF3N3O3. The first-order valence-corrected chi connectivity index (χ1v) is 9.36. The average molecular weight is 440 g/mol. The normalized spacial score (nSPS) is 14.9. The lowest BCUT2D eigenvalue weighted by Crippen LogP contribution is -2.48. The summed E-state index contributed by atoms with van der Waals surface area (Å²) in [5, 5.41) is 10.8. The molecule has 30 heavy (non-hydrogen) atoms. The van der Waals surface area contributed by atoms with E-state index in [1.54, 1.807) is 23.1 Å². The van der Waals surface area contributed by atoms with Gasteiger partial charge in [-0.05, 0) is 29.8 Å². The lowest BCUT2D eigenvalue weighted by atomic mass is 10.1. The van der Waals surface area contributed by atoms with Gasteiger partial charge >= 0.3 is 6.18 Å². The van der Waals surface area contributed by atoms with Crippen molar-refractivity contribution in [2.45, 2.75) is 6.18 Å². The fourth-order valence-corrected chi connectivity index (χ4v) is 3.42. The molecule has 1 saturated heterocycles. The molecule has 0 aromatic heterocycles. The molecule has 1 heterocycles. The summed E-state index contributed by atoms with van der Waals surface area (Å²) >= 11 is 5.59. The SMILES string of the molecule is O=C(/C=C/c1ccc(Cl)c(C(F)(F)F)c1)N1CCN(c2ccccc2[N+](=O)[O-])CC1. The molecule has 2 aromatic rings. The van der Waals surface area contributed by atoms with Crippen LogP contribution in [0.4, 0.5) is 24.5 Å². The van der Waals surface area contributed by atoms with Gasteiger partial charge in [0.25, 0.3) is 5.69 Å². The monoisotopic (exact) mass is 439 g/mol. The minimum atomic E-state index is -4.58. The standard InChI is InChI=1S/C20H17ClF3N3O3/c21-16-7-5-14(13-15(16)20(22,23)24)6-8-19(28)26-11-9-25(10-12-26)17-3-1-2-4-18(17)27(29)30/h1-8,13H,9-12H2/b8-6+. The second-order valence-corrected chi connectivity index (χ2v) is 7.04. The van der Waals surface area contributed by atoms with E-state index in [9.17, 15) is 28.1 Å². The Morgan fingerprint density at radius 2 is 1.77 bits per heavy atom. The molecular weight excluding hydrogens is 423 g/mol. The molecule has 0 atom stereocenters. The van der Waals surface area contributed by atoms with Crippen LogP contribution >= 0.6 is 11.6 Å². The fraction of sp³-hybridized carbons (Fsp3) is 0.250. The first-order valence-electron chi connectivity index (χ1n) is 8.99. The van der Waals surface area contributed by atoms with E-state index in [1.807, 2.05) is 4.90 Å². The summed E-state index contributed by atoms with van der Waals surface area (Å²) in [6.45, 7) is 1.49. The Hall–Kier alpha value is -3.07. The highest BCUT2D eigenvalue weighted by Gasteiger charge is 2.33. The Balaban J connectivity index is 1.65. The van der Waals surface area contributed by atoms with Crippen molar-refractivity contribution in [2.75, 3.05) is 31.1 Å². The number of amides is 1. The van der Waals surface area contributed by atoms with Gasteiger partial charge in [-0.15, -0.1) is 0 Å². The Morgan fingerprint density at radius 3 is 2.40 bits per heavy atom. The van der Waals surface area contributed by atoms with Crippen LogP contribution in [0.3, 0.4) is 0 Å². The molecule has 0 bridgehead atoms. The summed E-state index contributed by atoms with van der Waals surface area (Å²) in [7, 11) is 0. The van der Waals surface area contributed by atoms with Crippen LogP contribution in [0.25, 0.3) is 6.08 Å². The Bertz CT molecular complexity index is 987. The van der Waals surface area contributed by atoms with Crippen LogP contribution in [0.1, 0.15) is 11.1 Å². The first kappa shape index (κ1) is 21.6. The van der Waals surface area contributed by atoms with E-state index in [-0.39, 0.29) is 17.2 Å². The van der Waals surface area contributed by atoms with Crippen LogP contribution < -0.4 is 4.90 Å². The van der Waals surface area contributed by atoms with Crippen LogP contribution in [0.2, 0.25) is 5.02 Å². The number of piperazine rings is 1. The fourth-order valence-electron chi connectivity index (χ4n) is 3.19. The smallest absolute Gasteiger partial charge is 0.362 e. The number of halogens is 4. The van der Waals surface area contributed by atoms with Crippen molar-refractivity contribution in [1.29, 1.82) is 0 Å². The van der Waals surface area contributed by atoms with E-state index in [0.717, 1.165) is 12.1 Å². The third kappa shape index (κ3) is 4.91. The number of nitro benzene ring substituents is 1. The molecule has 0 saturated carbocycles. The topological polar surface area (TPSA) is 66.7 Å². The Labute approximate surface area is 175 Å². The summed E-state index contributed by atoms with van der Waals surface area (Å²) in [6.07, 6.45) is -2.06. The van der Waals surface area contributed by atoms with Gasteiger partial charge < -0.3 is 9.80 Å². The van der Waals surface area contributed by atoms with Crippen molar-refractivity contribution in [1.82, 2.24) is 4.90 Å². The van der Waals surface area contributed by atoms with Crippen LogP contribution in [0.5, 0.6) is 0 Å². The number of benzene rings is 2. The van der Waals surface area contributed by atoms with Gasteiger partial charge in [-0.1, -0.05) is 29.8 Å². The number of nitrogens with zero attached hydrogens (tertiary/aromatic N) is 3. The maximum atomic E-state index is 12.9. The molecule has 0 spiro atoms. The highest BCUT2D eigenvalue weighted by Crippen LogP contribution is 2.35. The zero-order valence-corrected chi connectivity index (χ0v) is 16.4. The summed E-state index contributed by atoms with van der Waals surface area (Å²) in [6, 6.07) is 9.81. The number of hydrogen-bond acceptors (Lipinski definition) is 4. The highest BCUT2D eigenvalue weighted by molar-refractivity contribution is 6.31. The molecule has 3 rings (SSSR count). The maximum absolute atomic E-state index is 12.9. The lowest BCUT2D eigenvalue weighted by Gasteiger charge is -2.35. The third-order valence-electron chi connectivity index (χ3n) is 4.72. The van der Waals surface area contributed by atoms with E-state index >= 15 is 0 Å². The molecule has 0 N–H and O–H groups in total. The number of alkyl halides is 3. The second-order valence-electron chi connectivity index (χ2n) is 6.63. The molecule has 158 valence electrons. The molecule has 1 aliphatic rings. The number of hydrogen-bond donors (Lipinski definition) is 0. The van der Waals surface area contributed by atoms with Gasteiger partial charge in [-0.25, -0.2) is 0 Å². The van der Waals surface area contributed by atoms with Gasteiger partial charge in [-0.2, -0.15) is 13.2 Å². The number of para-hydroxylation sites is 2. The molecule has 1 amide bonds. The number of anilines is 1. The van der Waals surface area contributed by atoms with Gasteiger partial charge in [-0.3, -0.25) is 14.9 Å². The molecule has 0 unspecified atom stereocenters. The molecule has 0 radical (unpaired) electrons. The van der Waals surface area contributed by atoms with Crippen molar-refractivity contribution in [3.05, 3.63) is 74.8 Å². The minimum Gasteiger partial charge on any atom is -0.362 e. The van der Waals surface area contributed by atoms with Crippen molar-refractivity contribution in [3.8, 4) is 0 Å². The molecule has 0 aliphatic carbocycles. The Morgan fingerprint density at radius 1 is 1.10 bits per heavy atom. The molecule has 1 fully saturated rings. The van der Waals surface area contributed by atoms with Crippen LogP contribution in [-0.4, -0.2) is 41.9 Å². The maximum Gasteiger partial charge on any atom is 0.417 e. The summed E-state index contributed by atoms with van der Waals surface area (Å²) in [5.74, 6) is -0.347. The summed E-state index contributed by atoms with van der Waals surface area (Å²) in [5.41, 5.74) is -0.262. The first-order chi connectivity index (χ1) is 14.2. The van der Waals surface area contributed by atoms with Crippen molar-refractivity contribution >= 4 is 35.0 Å². The van der Waals surface area contributed by atoms with Gasteiger partial charge in [0.1, 0.15) is 5.69 Å². The number of carbonyl (C=O) groups is 1. The lowest BCUT2D eigenvalue weighted by molar-refractivity contribution is -0.384. The van der Waals surface area contributed by atoms with Crippen LogP contribution in [0.15, 0.2) is 48.5 Å². The van der Waals surface area contributed by atoms with E-state index in [2.05, 4.69) is 0 Å². The number of nitro groups is 1. The second kappa shape index (κ2) is 8.74. The predicted molar refractivity (Wildman–Crippen MR) is 107 cm³/mol. The van der Waals surface area contributed by atoms with E-state index in [1.165, 1.54) is 24.3 Å². The summed E-state index contributed by atoms with van der Waals surface area (Å²) < 4.78 is 38.8. The minimum absolute atomic E-state index is 0.000351. The van der Waals surface area contributed by atoms with Gasteiger partial charge in [0, 0.05) is 38.3 Å². The largest absolute Gasteiger partial charge is 0.417 e. The molecule has 1 aliphatic heterocycles. The van der Waals surface area contributed by atoms with Crippen LogP contribution in [-0.2, 0) is 11.0 Å². The van der Waals surface area contributed by atoms with E-state index in [0.29, 0.717) is 31.9 Å². The molecule has 6 nitrogen and oxygen atoms in total. The Kier molecular flexibility index (Phi) is 6.31. The average Bonchev–Trinajstić information content (AvgIpc) is 2.72. The molecule has 10 heteroatoms. The number of carbonyl (C=O) groups excluding carboxylic acids is 1.